The number of carbonyl (C=O) groups excluding carboxylic acids is 2. The molecule has 2 aromatic carbocycles. The van der Waals surface area contributed by atoms with E-state index in [4.69, 9.17) is 17.0 Å². The van der Waals surface area contributed by atoms with Gasteiger partial charge in [-0.25, -0.2) is 0 Å². The van der Waals surface area contributed by atoms with Gasteiger partial charge in [0.1, 0.15) is 5.75 Å². The average Bonchev–Trinajstić information content (AvgIpc) is 2.61. The fourth-order valence-corrected chi connectivity index (χ4v) is 2.41. The van der Waals surface area contributed by atoms with E-state index >= 15 is 0 Å². The van der Waals surface area contributed by atoms with Crippen molar-refractivity contribution in [2.75, 3.05) is 12.4 Å². The Morgan fingerprint density at radius 1 is 1.00 bits per heavy atom. The highest BCUT2D eigenvalue weighted by molar-refractivity contribution is 7.80. The van der Waals surface area contributed by atoms with Crippen LogP contribution < -0.4 is 20.7 Å². The number of para-hydroxylation sites is 1. The summed E-state index contributed by atoms with van der Waals surface area (Å²) < 4.78 is 5.55. The monoisotopic (exact) mass is 371 g/mol. The summed E-state index contributed by atoms with van der Waals surface area (Å²) in [5, 5.41) is 8.14. The smallest absolute Gasteiger partial charge is 0.257 e. The molecule has 0 fully saturated rings. The molecular weight excluding hydrogens is 350 g/mol. The minimum atomic E-state index is -0.351. The summed E-state index contributed by atoms with van der Waals surface area (Å²) in [4.78, 5) is 24.2. The number of carbonyl (C=O) groups is 2. The van der Waals surface area contributed by atoms with E-state index in [9.17, 15) is 9.59 Å². The van der Waals surface area contributed by atoms with Crippen LogP contribution >= 0.6 is 12.2 Å². The van der Waals surface area contributed by atoms with Crippen molar-refractivity contribution in [3.8, 4) is 5.75 Å². The van der Waals surface area contributed by atoms with E-state index in [-0.39, 0.29) is 23.0 Å². The van der Waals surface area contributed by atoms with Crippen LogP contribution in [0.15, 0.2) is 48.5 Å². The number of amides is 2. The molecule has 0 spiro atoms. The fraction of sp³-hybridized carbons (Fsp3) is 0.211. The van der Waals surface area contributed by atoms with Crippen LogP contribution in [0.25, 0.3) is 0 Å². The van der Waals surface area contributed by atoms with Crippen molar-refractivity contribution in [3.05, 3.63) is 59.7 Å². The molecule has 3 N–H and O–H groups in total. The quantitative estimate of drug-likeness (QED) is 0.704. The van der Waals surface area contributed by atoms with Crippen molar-refractivity contribution >= 4 is 34.8 Å². The first-order valence-corrected chi connectivity index (χ1v) is 8.51. The number of benzene rings is 2. The second kappa shape index (κ2) is 8.96. The minimum absolute atomic E-state index is 0.0619. The molecule has 6 nitrogen and oxygen atoms in total. The minimum Gasteiger partial charge on any atom is -0.491 e. The van der Waals surface area contributed by atoms with Gasteiger partial charge in [0.05, 0.1) is 17.4 Å². The Balaban J connectivity index is 2.02. The molecule has 0 aliphatic carbocycles. The van der Waals surface area contributed by atoms with E-state index in [1.807, 2.05) is 13.8 Å². The van der Waals surface area contributed by atoms with Crippen molar-refractivity contribution in [1.29, 1.82) is 0 Å². The van der Waals surface area contributed by atoms with Crippen LogP contribution in [0.4, 0.5) is 5.69 Å². The van der Waals surface area contributed by atoms with E-state index in [1.165, 1.54) is 0 Å². The molecule has 2 rings (SSSR count). The van der Waals surface area contributed by atoms with Gasteiger partial charge in [0.2, 0.25) is 0 Å². The lowest BCUT2D eigenvalue weighted by Gasteiger charge is -2.13. The molecule has 0 radical (unpaired) electrons. The molecule has 0 aliphatic rings. The van der Waals surface area contributed by atoms with E-state index in [0.29, 0.717) is 22.6 Å². The Hall–Kier alpha value is -2.93. The van der Waals surface area contributed by atoms with Gasteiger partial charge in [-0.3, -0.25) is 14.9 Å². The van der Waals surface area contributed by atoms with Crippen molar-refractivity contribution in [3.63, 3.8) is 0 Å². The molecule has 0 bridgehead atoms. The maximum atomic E-state index is 12.3. The third kappa shape index (κ3) is 5.29. The predicted octanol–water partition coefficient (Wildman–Crippen LogP) is 2.96. The second-order valence-corrected chi connectivity index (χ2v) is 6.13. The van der Waals surface area contributed by atoms with Crippen LogP contribution in [0, 0.1) is 0 Å². The zero-order valence-electron chi connectivity index (χ0n) is 14.8. The number of nitrogens with one attached hydrogen (secondary N) is 3. The summed E-state index contributed by atoms with van der Waals surface area (Å²) in [7, 11) is 1.55. The summed E-state index contributed by atoms with van der Waals surface area (Å²) in [5.74, 6) is 0.0933. The van der Waals surface area contributed by atoms with E-state index in [1.54, 1.807) is 55.6 Å². The zero-order chi connectivity index (χ0) is 19.1. The van der Waals surface area contributed by atoms with E-state index in [0.717, 1.165) is 0 Å². The van der Waals surface area contributed by atoms with Crippen LogP contribution in [-0.2, 0) is 0 Å². The van der Waals surface area contributed by atoms with Crippen LogP contribution in [0.3, 0.4) is 0 Å². The number of ether oxygens (including phenoxy) is 1. The molecule has 7 heteroatoms. The lowest BCUT2D eigenvalue weighted by Crippen LogP contribution is -2.34. The normalized spacial score (nSPS) is 10.2. The Morgan fingerprint density at radius 3 is 2.27 bits per heavy atom. The van der Waals surface area contributed by atoms with Gasteiger partial charge in [-0.1, -0.05) is 12.1 Å². The highest BCUT2D eigenvalue weighted by atomic mass is 32.1. The second-order valence-electron chi connectivity index (χ2n) is 5.72. The standard InChI is InChI=1S/C19H21N3O3S/c1-12(2)25-14-10-8-13(9-11-14)17(23)22-19(26)21-16-7-5-4-6-15(16)18(24)20-3/h4-12H,1-3H3,(H,20,24)(H2,21,22,23,26). The molecule has 0 aromatic heterocycles. The summed E-state index contributed by atoms with van der Waals surface area (Å²) in [6.45, 7) is 3.86. The highest BCUT2D eigenvalue weighted by Gasteiger charge is 2.12. The number of rotatable bonds is 5. The van der Waals surface area contributed by atoms with Gasteiger partial charge in [0.15, 0.2) is 5.11 Å². The molecule has 136 valence electrons. The van der Waals surface area contributed by atoms with Gasteiger partial charge in [-0.05, 0) is 62.5 Å². The molecule has 0 saturated heterocycles. The topological polar surface area (TPSA) is 79.5 Å². The van der Waals surface area contributed by atoms with Crippen molar-refractivity contribution < 1.29 is 14.3 Å². The predicted molar refractivity (Wildman–Crippen MR) is 106 cm³/mol. The molecule has 0 heterocycles. The van der Waals surface area contributed by atoms with Crippen molar-refractivity contribution in [2.45, 2.75) is 20.0 Å². The van der Waals surface area contributed by atoms with Crippen molar-refractivity contribution in [2.24, 2.45) is 0 Å². The highest BCUT2D eigenvalue weighted by Crippen LogP contribution is 2.16. The number of hydrogen-bond donors (Lipinski definition) is 3. The average molecular weight is 371 g/mol. The first-order chi connectivity index (χ1) is 12.4. The molecule has 0 aliphatic heterocycles. The first kappa shape index (κ1) is 19.4. The molecule has 26 heavy (non-hydrogen) atoms. The van der Waals surface area contributed by atoms with E-state index in [2.05, 4.69) is 16.0 Å². The van der Waals surface area contributed by atoms with E-state index < -0.39 is 0 Å². The molecule has 2 aromatic rings. The van der Waals surface area contributed by atoms with Gasteiger partial charge in [-0.15, -0.1) is 0 Å². The SMILES string of the molecule is CNC(=O)c1ccccc1NC(=S)NC(=O)c1ccc(OC(C)C)cc1. The lowest BCUT2D eigenvalue weighted by molar-refractivity contribution is 0.0960. The molecular formula is C19H21N3O3S. The van der Waals surface area contributed by atoms with Crippen molar-refractivity contribution in [1.82, 2.24) is 10.6 Å². The maximum absolute atomic E-state index is 12.3. The largest absolute Gasteiger partial charge is 0.491 e. The third-order valence-corrected chi connectivity index (χ3v) is 3.57. The van der Waals surface area contributed by atoms with Gasteiger partial charge in [0, 0.05) is 12.6 Å². The Kier molecular flexibility index (Phi) is 6.68. The summed E-state index contributed by atoms with van der Waals surface area (Å²) in [6, 6.07) is 13.7. The summed E-state index contributed by atoms with van der Waals surface area (Å²) >= 11 is 5.18. The van der Waals surface area contributed by atoms with Crippen LogP contribution in [0.1, 0.15) is 34.6 Å². The molecule has 0 saturated carbocycles. The maximum Gasteiger partial charge on any atom is 0.257 e. The molecule has 0 atom stereocenters. The van der Waals surface area contributed by atoms with Crippen LogP contribution in [-0.4, -0.2) is 30.1 Å². The van der Waals surface area contributed by atoms with Gasteiger partial charge in [0.25, 0.3) is 11.8 Å². The summed E-state index contributed by atoms with van der Waals surface area (Å²) in [5.41, 5.74) is 1.39. The third-order valence-electron chi connectivity index (χ3n) is 3.36. The Morgan fingerprint density at radius 2 is 1.65 bits per heavy atom. The van der Waals surface area contributed by atoms with Gasteiger partial charge in [-0.2, -0.15) is 0 Å². The molecule has 0 unspecified atom stereocenters. The Bertz CT molecular complexity index is 804. The first-order valence-electron chi connectivity index (χ1n) is 8.11. The van der Waals surface area contributed by atoms with Gasteiger partial charge >= 0.3 is 0 Å². The number of anilines is 1. The Labute approximate surface area is 157 Å². The number of hydrogen-bond acceptors (Lipinski definition) is 4. The van der Waals surface area contributed by atoms with Gasteiger partial charge < -0.3 is 15.4 Å². The van der Waals surface area contributed by atoms with Crippen LogP contribution in [0.2, 0.25) is 0 Å². The number of thiocarbonyl (C=S) groups is 1. The fourth-order valence-electron chi connectivity index (χ4n) is 2.21. The lowest BCUT2D eigenvalue weighted by atomic mass is 10.1. The van der Waals surface area contributed by atoms with Crippen LogP contribution in [0.5, 0.6) is 5.75 Å². The zero-order valence-corrected chi connectivity index (χ0v) is 15.6. The summed E-state index contributed by atoms with van der Waals surface area (Å²) in [6.07, 6.45) is 0.0619. The molecule has 2 amide bonds.